The molecule has 4 rings (SSSR count). The Morgan fingerprint density at radius 1 is 0.800 bits per heavy atom. The Bertz CT molecular complexity index is 1690. The number of hydrogen-bond acceptors (Lipinski definition) is 4. The summed E-state index contributed by atoms with van der Waals surface area (Å²) in [6.45, 7) is 7.69. The topological polar surface area (TPSA) is 86.8 Å². The van der Waals surface area contributed by atoms with Crippen molar-refractivity contribution in [3.8, 4) is 0 Å². The smallest absolute Gasteiger partial charge is 0.264 e. The van der Waals surface area contributed by atoms with E-state index in [0.29, 0.717) is 22.8 Å². The van der Waals surface area contributed by atoms with Gasteiger partial charge in [0.2, 0.25) is 11.8 Å². The van der Waals surface area contributed by atoms with Crippen molar-refractivity contribution < 1.29 is 18.0 Å². The number of carbonyl (C=O) groups excluding carboxylic acids is 2. The van der Waals surface area contributed by atoms with Gasteiger partial charge in [-0.1, -0.05) is 104 Å². The average molecular weight is 646 g/mol. The number of amides is 2. The second-order valence-corrected chi connectivity index (χ2v) is 13.9. The third kappa shape index (κ3) is 8.96. The fourth-order valence-corrected chi connectivity index (χ4v) is 6.56. The molecule has 0 heterocycles. The fraction of sp³-hybridized carbons (Fsp3) is 0.278. The lowest BCUT2D eigenvalue weighted by molar-refractivity contribution is -0.140. The maximum Gasteiger partial charge on any atom is 0.264 e. The summed E-state index contributed by atoms with van der Waals surface area (Å²) in [5.41, 5.74) is 3.63. The molecular formula is C36H40ClN3O4S. The Labute approximate surface area is 271 Å². The molecule has 0 aliphatic carbocycles. The highest BCUT2D eigenvalue weighted by Crippen LogP contribution is 2.28. The molecule has 0 spiro atoms. The van der Waals surface area contributed by atoms with Gasteiger partial charge in [-0.3, -0.25) is 13.9 Å². The molecule has 1 unspecified atom stereocenters. The lowest BCUT2D eigenvalue weighted by atomic mass is 10.0. The monoisotopic (exact) mass is 645 g/mol. The van der Waals surface area contributed by atoms with Crippen LogP contribution in [0.25, 0.3) is 0 Å². The van der Waals surface area contributed by atoms with Crippen molar-refractivity contribution in [1.29, 1.82) is 0 Å². The number of para-hydroxylation sites is 1. The molecule has 7 nitrogen and oxygen atoms in total. The van der Waals surface area contributed by atoms with Crippen LogP contribution in [0.1, 0.15) is 36.1 Å². The molecule has 0 aliphatic heterocycles. The number of benzene rings is 4. The Kier molecular flexibility index (Phi) is 11.4. The molecule has 0 aliphatic rings. The number of rotatable bonds is 13. The average Bonchev–Trinajstić information content (AvgIpc) is 3.02. The molecular weight excluding hydrogens is 606 g/mol. The van der Waals surface area contributed by atoms with Gasteiger partial charge in [-0.25, -0.2) is 8.42 Å². The van der Waals surface area contributed by atoms with Crippen molar-refractivity contribution in [2.45, 2.75) is 51.6 Å². The van der Waals surface area contributed by atoms with Crippen molar-refractivity contribution >= 4 is 39.1 Å². The maximum atomic E-state index is 14.5. The minimum absolute atomic E-state index is 0.0731. The first kappa shape index (κ1) is 33.7. The first-order valence-electron chi connectivity index (χ1n) is 15.0. The summed E-state index contributed by atoms with van der Waals surface area (Å²) in [4.78, 5) is 29.9. The number of anilines is 1. The van der Waals surface area contributed by atoms with E-state index in [4.69, 9.17) is 11.6 Å². The van der Waals surface area contributed by atoms with Gasteiger partial charge in [0.15, 0.2) is 0 Å². The number of sulfonamides is 1. The van der Waals surface area contributed by atoms with Crippen LogP contribution in [-0.4, -0.2) is 44.3 Å². The van der Waals surface area contributed by atoms with Gasteiger partial charge in [0, 0.05) is 24.5 Å². The van der Waals surface area contributed by atoms with Gasteiger partial charge in [-0.2, -0.15) is 0 Å². The van der Waals surface area contributed by atoms with Gasteiger partial charge in [-0.15, -0.1) is 0 Å². The third-order valence-corrected chi connectivity index (χ3v) is 9.52. The number of hydrogen-bond donors (Lipinski definition) is 1. The first-order chi connectivity index (χ1) is 21.5. The minimum atomic E-state index is -4.16. The molecule has 4 aromatic rings. The Balaban J connectivity index is 1.80. The zero-order valence-corrected chi connectivity index (χ0v) is 27.7. The van der Waals surface area contributed by atoms with E-state index in [1.807, 2.05) is 57.2 Å². The number of halogens is 1. The van der Waals surface area contributed by atoms with E-state index in [0.717, 1.165) is 21.0 Å². The lowest BCUT2D eigenvalue weighted by Gasteiger charge is -2.34. The minimum Gasteiger partial charge on any atom is -0.354 e. The molecule has 45 heavy (non-hydrogen) atoms. The third-order valence-electron chi connectivity index (χ3n) is 7.49. The molecule has 0 bridgehead atoms. The largest absolute Gasteiger partial charge is 0.354 e. The molecule has 2 amide bonds. The molecule has 1 N–H and O–H groups in total. The Hall–Kier alpha value is -4.14. The van der Waals surface area contributed by atoms with Crippen LogP contribution in [0.15, 0.2) is 108 Å². The summed E-state index contributed by atoms with van der Waals surface area (Å²) in [7, 11) is -4.16. The van der Waals surface area contributed by atoms with Crippen LogP contribution in [0.5, 0.6) is 0 Å². The van der Waals surface area contributed by atoms with E-state index in [-0.39, 0.29) is 29.7 Å². The molecule has 0 saturated carbocycles. The normalized spacial score (nSPS) is 12.0. The summed E-state index contributed by atoms with van der Waals surface area (Å²) >= 11 is 6.15. The van der Waals surface area contributed by atoms with Crippen LogP contribution in [-0.2, 0) is 32.6 Å². The lowest BCUT2D eigenvalue weighted by Crippen LogP contribution is -2.53. The number of aryl methyl sites for hydroxylation is 2. The second-order valence-electron chi connectivity index (χ2n) is 11.6. The molecule has 0 saturated heterocycles. The number of carbonyl (C=O) groups is 2. The molecule has 0 aromatic heterocycles. The summed E-state index contributed by atoms with van der Waals surface area (Å²) in [6, 6.07) is 29.2. The van der Waals surface area contributed by atoms with Gasteiger partial charge in [-0.05, 0) is 66.8 Å². The Morgan fingerprint density at radius 2 is 1.42 bits per heavy atom. The van der Waals surface area contributed by atoms with Crippen LogP contribution < -0.4 is 9.62 Å². The highest BCUT2D eigenvalue weighted by atomic mass is 35.5. The summed E-state index contributed by atoms with van der Waals surface area (Å²) in [5, 5.41) is 3.55. The number of nitrogens with zero attached hydrogens (tertiary/aromatic N) is 2. The van der Waals surface area contributed by atoms with E-state index in [2.05, 4.69) is 5.32 Å². The van der Waals surface area contributed by atoms with Crippen molar-refractivity contribution in [3.05, 3.63) is 130 Å². The second kappa shape index (κ2) is 15.2. The zero-order chi connectivity index (χ0) is 32.6. The van der Waals surface area contributed by atoms with E-state index in [9.17, 15) is 18.0 Å². The summed E-state index contributed by atoms with van der Waals surface area (Å²) < 4.78 is 29.5. The maximum absolute atomic E-state index is 14.5. The molecule has 4 aromatic carbocycles. The first-order valence-corrected chi connectivity index (χ1v) is 16.8. The van der Waals surface area contributed by atoms with Gasteiger partial charge in [0.1, 0.15) is 12.6 Å². The number of nitrogens with one attached hydrogen (secondary N) is 1. The van der Waals surface area contributed by atoms with E-state index >= 15 is 0 Å². The van der Waals surface area contributed by atoms with Gasteiger partial charge < -0.3 is 10.2 Å². The van der Waals surface area contributed by atoms with Gasteiger partial charge in [0.25, 0.3) is 10.0 Å². The zero-order valence-electron chi connectivity index (χ0n) is 26.1. The molecule has 0 radical (unpaired) electrons. The predicted octanol–water partition coefficient (Wildman–Crippen LogP) is 6.56. The highest BCUT2D eigenvalue weighted by molar-refractivity contribution is 7.92. The van der Waals surface area contributed by atoms with Crippen molar-refractivity contribution in [3.63, 3.8) is 0 Å². The molecule has 236 valence electrons. The highest BCUT2D eigenvalue weighted by Gasteiger charge is 2.35. The van der Waals surface area contributed by atoms with Gasteiger partial charge in [0.05, 0.1) is 10.6 Å². The van der Waals surface area contributed by atoms with E-state index in [1.165, 1.54) is 4.90 Å². The van der Waals surface area contributed by atoms with Crippen LogP contribution in [0.2, 0.25) is 5.02 Å². The van der Waals surface area contributed by atoms with Crippen LogP contribution in [0.4, 0.5) is 5.69 Å². The van der Waals surface area contributed by atoms with E-state index < -0.39 is 28.5 Å². The predicted molar refractivity (Wildman–Crippen MR) is 181 cm³/mol. The molecule has 0 fully saturated rings. The fourth-order valence-electron chi connectivity index (χ4n) is 4.96. The van der Waals surface area contributed by atoms with Crippen molar-refractivity contribution in [1.82, 2.24) is 10.2 Å². The summed E-state index contributed by atoms with van der Waals surface area (Å²) in [6.07, 6.45) is 0.249. The standard InChI is InChI=1S/C36H40ClN3O4S/c1-26(2)23-38-36(42)34(22-29-11-6-5-7-12-29)39(24-30-16-18-31(37)19-17-30)35(41)25-40(33-13-9-8-10-28(33)4)45(43,44)32-20-14-27(3)15-21-32/h5-21,26,34H,22-25H2,1-4H3,(H,38,42). The van der Waals surface area contributed by atoms with Gasteiger partial charge >= 0.3 is 0 Å². The van der Waals surface area contributed by atoms with Crippen LogP contribution >= 0.6 is 11.6 Å². The van der Waals surface area contributed by atoms with Crippen LogP contribution in [0.3, 0.4) is 0 Å². The summed E-state index contributed by atoms with van der Waals surface area (Å²) in [5.74, 6) is -0.619. The Morgan fingerprint density at radius 3 is 2.04 bits per heavy atom. The van der Waals surface area contributed by atoms with Crippen molar-refractivity contribution in [2.75, 3.05) is 17.4 Å². The molecule has 1 atom stereocenters. The SMILES string of the molecule is Cc1ccc(S(=O)(=O)N(CC(=O)N(Cc2ccc(Cl)cc2)C(Cc2ccccc2)C(=O)NCC(C)C)c2ccccc2C)cc1. The van der Waals surface area contributed by atoms with Crippen LogP contribution in [0, 0.1) is 19.8 Å². The van der Waals surface area contributed by atoms with E-state index in [1.54, 1.807) is 73.7 Å². The molecule has 9 heteroatoms. The van der Waals surface area contributed by atoms with Crippen molar-refractivity contribution in [2.24, 2.45) is 5.92 Å². The quantitative estimate of drug-likeness (QED) is 0.178.